The van der Waals surface area contributed by atoms with Crippen LogP contribution < -0.4 is 10.5 Å². The highest BCUT2D eigenvalue weighted by atomic mass is 35.5. The Morgan fingerprint density at radius 2 is 2.00 bits per heavy atom. The van der Waals surface area contributed by atoms with Crippen LogP contribution in [0.1, 0.15) is 31.9 Å². The summed E-state index contributed by atoms with van der Waals surface area (Å²) in [6, 6.07) is 4.22. The normalized spacial score (nSPS) is 11.8. The molecular weight excluding hydrogens is 257 g/mol. The second kappa shape index (κ2) is 7.80. The fourth-order valence-electron chi connectivity index (χ4n) is 1.72. The van der Waals surface area contributed by atoms with E-state index >= 15 is 0 Å². The van der Waals surface area contributed by atoms with Crippen LogP contribution in [-0.2, 0) is 12.8 Å². The van der Waals surface area contributed by atoms with Gasteiger partial charge >= 0.3 is 0 Å². The van der Waals surface area contributed by atoms with Crippen molar-refractivity contribution >= 4 is 24.0 Å². The van der Waals surface area contributed by atoms with E-state index in [9.17, 15) is 0 Å². The van der Waals surface area contributed by atoms with Crippen molar-refractivity contribution in [3.63, 3.8) is 0 Å². The third kappa shape index (κ3) is 4.74. The molecule has 98 valence electrons. The van der Waals surface area contributed by atoms with Gasteiger partial charge in [-0.25, -0.2) is 0 Å². The Kier molecular flexibility index (Phi) is 7.60. The maximum absolute atomic E-state index is 6.21. The molecule has 0 heterocycles. The molecule has 1 rings (SSSR count). The molecule has 0 aliphatic carbocycles. The van der Waals surface area contributed by atoms with Gasteiger partial charge in [0.1, 0.15) is 5.75 Å². The van der Waals surface area contributed by atoms with Gasteiger partial charge in [0.25, 0.3) is 0 Å². The van der Waals surface area contributed by atoms with Crippen molar-refractivity contribution < 1.29 is 4.74 Å². The average molecular weight is 278 g/mol. The Morgan fingerprint density at radius 3 is 2.47 bits per heavy atom. The molecule has 0 fully saturated rings. The molecule has 0 aliphatic heterocycles. The number of halogens is 2. The maximum atomic E-state index is 6.21. The molecule has 0 saturated carbocycles. The zero-order chi connectivity index (χ0) is 12.1. The van der Waals surface area contributed by atoms with Crippen LogP contribution in [0.5, 0.6) is 5.75 Å². The lowest BCUT2D eigenvalue weighted by Gasteiger charge is -2.15. The summed E-state index contributed by atoms with van der Waals surface area (Å²) in [5.41, 5.74) is 8.17. The molecule has 0 radical (unpaired) electrons. The van der Waals surface area contributed by atoms with Gasteiger partial charge in [-0.2, -0.15) is 0 Å². The minimum absolute atomic E-state index is 0. The van der Waals surface area contributed by atoms with E-state index in [4.69, 9.17) is 22.1 Å². The van der Waals surface area contributed by atoms with Crippen molar-refractivity contribution in [2.75, 3.05) is 6.61 Å². The number of nitrogens with two attached hydrogens (primary N) is 1. The molecule has 2 nitrogen and oxygen atoms in total. The molecule has 0 bridgehead atoms. The van der Waals surface area contributed by atoms with Crippen LogP contribution in [0.25, 0.3) is 0 Å². The van der Waals surface area contributed by atoms with Crippen molar-refractivity contribution in [2.24, 2.45) is 5.73 Å². The van der Waals surface area contributed by atoms with Crippen LogP contribution in [0.3, 0.4) is 0 Å². The Balaban J connectivity index is 0.00000256. The highest BCUT2D eigenvalue weighted by Gasteiger charge is 2.11. The van der Waals surface area contributed by atoms with Crippen molar-refractivity contribution in [3.8, 4) is 5.75 Å². The highest BCUT2D eigenvalue weighted by Crippen LogP contribution is 2.31. The lowest BCUT2D eigenvalue weighted by atomic mass is 10.0. The second-order valence-corrected chi connectivity index (χ2v) is 4.44. The van der Waals surface area contributed by atoms with Crippen LogP contribution in [0, 0.1) is 0 Å². The van der Waals surface area contributed by atoms with E-state index in [0.29, 0.717) is 11.6 Å². The summed E-state index contributed by atoms with van der Waals surface area (Å²) >= 11 is 6.21. The van der Waals surface area contributed by atoms with Gasteiger partial charge in [0.2, 0.25) is 0 Å². The molecule has 17 heavy (non-hydrogen) atoms. The van der Waals surface area contributed by atoms with E-state index in [1.165, 1.54) is 5.56 Å². The molecule has 2 N–H and O–H groups in total. The van der Waals surface area contributed by atoms with Gasteiger partial charge in [0.05, 0.1) is 11.6 Å². The summed E-state index contributed by atoms with van der Waals surface area (Å²) in [6.45, 7) is 6.68. The zero-order valence-electron chi connectivity index (χ0n) is 10.6. The number of hydrogen-bond donors (Lipinski definition) is 1. The third-order valence-corrected chi connectivity index (χ3v) is 2.70. The first-order valence-electron chi connectivity index (χ1n) is 5.78. The number of ether oxygens (including phenoxy) is 1. The Labute approximate surface area is 115 Å². The maximum Gasteiger partial charge on any atom is 0.141 e. The van der Waals surface area contributed by atoms with Gasteiger partial charge in [-0.3, -0.25) is 0 Å². The average Bonchev–Trinajstić information content (AvgIpc) is 2.22. The minimum atomic E-state index is 0. The number of aryl methyl sites for hydroxylation is 1. The minimum Gasteiger partial charge on any atom is -0.492 e. The Bertz CT molecular complexity index is 354. The van der Waals surface area contributed by atoms with Gasteiger partial charge in [0.15, 0.2) is 0 Å². The van der Waals surface area contributed by atoms with Crippen molar-refractivity contribution in [1.82, 2.24) is 0 Å². The van der Waals surface area contributed by atoms with E-state index in [2.05, 4.69) is 13.0 Å². The number of hydrogen-bond acceptors (Lipinski definition) is 2. The molecule has 0 spiro atoms. The Hall–Kier alpha value is -0.440. The van der Waals surface area contributed by atoms with Gasteiger partial charge in [-0.05, 0) is 43.9 Å². The highest BCUT2D eigenvalue weighted by molar-refractivity contribution is 6.32. The van der Waals surface area contributed by atoms with Crippen molar-refractivity contribution in [2.45, 2.75) is 39.7 Å². The predicted molar refractivity (Wildman–Crippen MR) is 76.6 cm³/mol. The van der Waals surface area contributed by atoms with Gasteiger partial charge < -0.3 is 10.5 Å². The van der Waals surface area contributed by atoms with E-state index in [1.54, 1.807) is 0 Å². The van der Waals surface area contributed by atoms with Crippen molar-refractivity contribution in [3.05, 3.63) is 28.3 Å². The first-order chi connectivity index (χ1) is 7.58. The van der Waals surface area contributed by atoms with E-state index in [0.717, 1.165) is 24.2 Å². The number of rotatable bonds is 5. The van der Waals surface area contributed by atoms with Crippen LogP contribution in [0.15, 0.2) is 12.1 Å². The topological polar surface area (TPSA) is 35.2 Å². The fourth-order valence-corrected chi connectivity index (χ4v) is 2.04. The summed E-state index contributed by atoms with van der Waals surface area (Å²) in [5.74, 6) is 0.790. The standard InChI is InChI=1S/C13H20ClNO.ClH/c1-4-10-7-11(6-9(3)15)13(16-5-2)12(14)8-10;/h7-9H,4-6,15H2,1-3H3;1H. The van der Waals surface area contributed by atoms with Crippen LogP contribution in [0.4, 0.5) is 0 Å². The summed E-state index contributed by atoms with van der Waals surface area (Å²) in [7, 11) is 0. The van der Waals surface area contributed by atoms with Gasteiger partial charge in [-0.15, -0.1) is 12.4 Å². The Morgan fingerprint density at radius 1 is 1.35 bits per heavy atom. The first-order valence-corrected chi connectivity index (χ1v) is 6.15. The van der Waals surface area contributed by atoms with Crippen LogP contribution in [0.2, 0.25) is 5.02 Å². The molecule has 0 saturated heterocycles. The number of benzene rings is 1. The lowest BCUT2D eigenvalue weighted by molar-refractivity contribution is 0.336. The summed E-state index contributed by atoms with van der Waals surface area (Å²) in [5, 5.41) is 0.692. The third-order valence-electron chi connectivity index (χ3n) is 2.42. The second-order valence-electron chi connectivity index (χ2n) is 4.03. The van der Waals surface area contributed by atoms with E-state index in [-0.39, 0.29) is 18.4 Å². The summed E-state index contributed by atoms with van der Waals surface area (Å²) in [4.78, 5) is 0. The molecule has 0 aromatic heterocycles. The molecular formula is C13H21Cl2NO. The fraction of sp³-hybridized carbons (Fsp3) is 0.538. The smallest absolute Gasteiger partial charge is 0.141 e. The molecule has 0 amide bonds. The SMILES string of the molecule is CCOc1c(Cl)cc(CC)cc1CC(C)N.Cl. The quantitative estimate of drug-likeness (QED) is 0.893. The molecule has 1 unspecified atom stereocenters. The van der Waals surface area contributed by atoms with Crippen LogP contribution >= 0.6 is 24.0 Å². The monoisotopic (exact) mass is 277 g/mol. The van der Waals surface area contributed by atoms with Gasteiger partial charge in [0, 0.05) is 6.04 Å². The zero-order valence-corrected chi connectivity index (χ0v) is 12.2. The van der Waals surface area contributed by atoms with Gasteiger partial charge in [-0.1, -0.05) is 24.6 Å². The predicted octanol–water partition coefficient (Wildman–Crippen LogP) is 3.61. The molecule has 4 heteroatoms. The first kappa shape index (κ1) is 16.6. The van der Waals surface area contributed by atoms with E-state index < -0.39 is 0 Å². The largest absolute Gasteiger partial charge is 0.492 e. The summed E-state index contributed by atoms with van der Waals surface area (Å²) < 4.78 is 5.58. The van der Waals surface area contributed by atoms with E-state index in [1.807, 2.05) is 19.9 Å². The molecule has 1 atom stereocenters. The molecule has 1 aromatic rings. The summed E-state index contributed by atoms with van der Waals surface area (Å²) in [6.07, 6.45) is 1.76. The molecule has 0 aliphatic rings. The van der Waals surface area contributed by atoms with Crippen molar-refractivity contribution in [1.29, 1.82) is 0 Å². The van der Waals surface area contributed by atoms with Crippen LogP contribution in [-0.4, -0.2) is 12.6 Å². The molecule has 1 aromatic carbocycles. The lowest BCUT2D eigenvalue weighted by Crippen LogP contribution is -2.18.